The Hall–Kier alpha value is -0.0400. The zero-order chi connectivity index (χ0) is 6.97. The average molecular weight is 140 g/mol. The summed E-state index contributed by atoms with van der Waals surface area (Å²) in [5.74, 6) is 1.87. The molecule has 0 aromatic carbocycles. The zero-order valence-corrected chi connectivity index (χ0v) is 6.68. The fourth-order valence-electron chi connectivity index (χ4n) is 2.65. The molecule has 0 atom stereocenters. The third-order valence-electron chi connectivity index (χ3n) is 3.10. The molecule has 10 heavy (non-hydrogen) atoms. The number of hydrogen-bond acceptors (Lipinski definition) is 1. The van der Waals surface area contributed by atoms with Gasteiger partial charge in [-0.15, -0.1) is 0 Å². The van der Waals surface area contributed by atoms with Gasteiger partial charge in [0.1, 0.15) is 0 Å². The minimum atomic E-state index is 0.657. The van der Waals surface area contributed by atoms with Crippen molar-refractivity contribution in [2.24, 2.45) is 11.8 Å². The highest BCUT2D eigenvalue weighted by Gasteiger charge is 2.41. The van der Waals surface area contributed by atoms with Crippen molar-refractivity contribution in [1.82, 2.24) is 0 Å². The summed E-state index contributed by atoms with van der Waals surface area (Å²) in [5, 5.41) is 0. The van der Waals surface area contributed by atoms with Crippen molar-refractivity contribution >= 4 is 0 Å². The minimum Gasteiger partial charge on any atom is -0.378 e. The summed E-state index contributed by atoms with van der Waals surface area (Å²) in [7, 11) is 0. The van der Waals surface area contributed by atoms with Crippen LogP contribution in [-0.2, 0) is 4.74 Å². The average Bonchev–Trinajstić information content (AvgIpc) is 2.50. The van der Waals surface area contributed by atoms with Crippen LogP contribution >= 0.6 is 0 Å². The highest BCUT2D eigenvalue weighted by atomic mass is 16.5. The Morgan fingerprint density at radius 2 is 1.60 bits per heavy atom. The Labute approximate surface area is 62.8 Å². The highest BCUT2D eigenvalue weighted by molar-refractivity contribution is 4.92. The predicted molar refractivity (Wildman–Crippen MR) is 40.9 cm³/mol. The van der Waals surface area contributed by atoms with Crippen LogP contribution in [0.4, 0.5) is 0 Å². The van der Waals surface area contributed by atoms with Gasteiger partial charge in [0.05, 0.1) is 6.10 Å². The molecular weight excluding hydrogens is 124 g/mol. The highest BCUT2D eigenvalue weighted by Crippen LogP contribution is 2.46. The molecule has 0 aromatic heterocycles. The lowest BCUT2D eigenvalue weighted by Gasteiger charge is -2.14. The van der Waals surface area contributed by atoms with E-state index >= 15 is 0 Å². The molecule has 0 heterocycles. The van der Waals surface area contributed by atoms with E-state index in [-0.39, 0.29) is 0 Å². The Morgan fingerprint density at radius 1 is 1.10 bits per heavy atom. The Kier molecular flexibility index (Phi) is 1.69. The number of fused-ring (bicyclic) bond motifs is 2. The van der Waals surface area contributed by atoms with Gasteiger partial charge in [-0.05, 0) is 44.4 Å². The summed E-state index contributed by atoms with van der Waals surface area (Å²) >= 11 is 0. The molecule has 0 aliphatic heterocycles. The van der Waals surface area contributed by atoms with Gasteiger partial charge in [-0.25, -0.2) is 0 Å². The van der Waals surface area contributed by atoms with Crippen LogP contribution in [0.1, 0.15) is 32.6 Å². The van der Waals surface area contributed by atoms with Crippen molar-refractivity contribution in [2.75, 3.05) is 6.61 Å². The van der Waals surface area contributed by atoms with Gasteiger partial charge >= 0.3 is 0 Å². The van der Waals surface area contributed by atoms with Gasteiger partial charge in [0.25, 0.3) is 0 Å². The molecule has 58 valence electrons. The van der Waals surface area contributed by atoms with Crippen molar-refractivity contribution in [3.63, 3.8) is 0 Å². The van der Waals surface area contributed by atoms with Crippen molar-refractivity contribution < 1.29 is 4.74 Å². The van der Waals surface area contributed by atoms with Crippen molar-refractivity contribution in [2.45, 2.75) is 38.7 Å². The molecule has 0 radical (unpaired) electrons. The van der Waals surface area contributed by atoms with Crippen molar-refractivity contribution in [3.8, 4) is 0 Å². The molecule has 1 heteroatoms. The number of ether oxygens (including phenoxy) is 1. The van der Waals surface area contributed by atoms with Crippen LogP contribution in [0.15, 0.2) is 0 Å². The molecule has 0 unspecified atom stereocenters. The molecule has 0 amide bonds. The van der Waals surface area contributed by atoms with E-state index in [2.05, 4.69) is 6.92 Å². The molecule has 2 saturated carbocycles. The first-order chi connectivity index (χ1) is 4.92. The fourth-order valence-corrected chi connectivity index (χ4v) is 2.65. The third kappa shape index (κ3) is 0.878. The van der Waals surface area contributed by atoms with E-state index in [4.69, 9.17) is 4.74 Å². The molecule has 2 bridgehead atoms. The summed E-state index contributed by atoms with van der Waals surface area (Å²) < 4.78 is 5.69. The molecule has 2 fully saturated rings. The first-order valence-electron chi connectivity index (χ1n) is 4.53. The second-order valence-corrected chi connectivity index (χ2v) is 3.59. The largest absolute Gasteiger partial charge is 0.378 e. The SMILES string of the molecule is CCOC1C2CCC1CC2. The van der Waals surface area contributed by atoms with E-state index in [9.17, 15) is 0 Å². The maximum atomic E-state index is 5.69. The van der Waals surface area contributed by atoms with Crippen molar-refractivity contribution in [3.05, 3.63) is 0 Å². The normalized spacial score (nSPS) is 44.7. The van der Waals surface area contributed by atoms with Gasteiger partial charge in [-0.3, -0.25) is 0 Å². The van der Waals surface area contributed by atoms with Gasteiger partial charge < -0.3 is 4.74 Å². The van der Waals surface area contributed by atoms with E-state index in [1.54, 1.807) is 0 Å². The molecule has 2 aliphatic carbocycles. The second kappa shape index (κ2) is 2.54. The first-order valence-corrected chi connectivity index (χ1v) is 4.53. The predicted octanol–water partition coefficient (Wildman–Crippen LogP) is 2.21. The topological polar surface area (TPSA) is 9.23 Å². The Morgan fingerprint density at radius 3 is 2.00 bits per heavy atom. The van der Waals surface area contributed by atoms with E-state index in [1.165, 1.54) is 25.7 Å². The summed E-state index contributed by atoms with van der Waals surface area (Å²) in [6, 6.07) is 0. The lowest BCUT2D eigenvalue weighted by Crippen LogP contribution is -2.17. The van der Waals surface area contributed by atoms with Gasteiger partial charge in [0.15, 0.2) is 0 Å². The summed E-state index contributed by atoms with van der Waals surface area (Å²) in [4.78, 5) is 0. The van der Waals surface area contributed by atoms with Gasteiger partial charge in [0.2, 0.25) is 0 Å². The minimum absolute atomic E-state index is 0.657. The van der Waals surface area contributed by atoms with Gasteiger partial charge in [-0.2, -0.15) is 0 Å². The van der Waals surface area contributed by atoms with Gasteiger partial charge in [-0.1, -0.05) is 0 Å². The van der Waals surface area contributed by atoms with Crippen LogP contribution < -0.4 is 0 Å². The lowest BCUT2D eigenvalue weighted by atomic mass is 10.0. The van der Waals surface area contributed by atoms with Gasteiger partial charge in [0, 0.05) is 6.61 Å². The Balaban J connectivity index is 1.96. The van der Waals surface area contributed by atoms with Crippen LogP contribution in [0, 0.1) is 11.8 Å². The summed E-state index contributed by atoms with van der Waals surface area (Å²) in [5.41, 5.74) is 0. The molecular formula is C9H16O. The van der Waals surface area contributed by atoms with Crippen LogP contribution in [0.5, 0.6) is 0 Å². The molecule has 0 aromatic rings. The van der Waals surface area contributed by atoms with Crippen LogP contribution in [0.3, 0.4) is 0 Å². The van der Waals surface area contributed by atoms with E-state index in [0.29, 0.717) is 6.10 Å². The summed E-state index contributed by atoms with van der Waals surface area (Å²) in [6.07, 6.45) is 6.42. The molecule has 0 saturated heterocycles. The Bertz CT molecular complexity index is 102. The maximum Gasteiger partial charge on any atom is 0.0631 e. The quantitative estimate of drug-likeness (QED) is 0.571. The van der Waals surface area contributed by atoms with Crippen LogP contribution in [-0.4, -0.2) is 12.7 Å². The van der Waals surface area contributed by atoms with Crippen molar-refractivity contribution in [1.29, 1.82) is 0 Å². The third-order valence-corrected chi connectivity index (χ3v) is 3.10. The number of hydrogen-bond donors (Lipinski definition) is 0. The first kappa shape index (κ1) is 6.66. The standard InChI is InChI=1S/C9H16O/c1-2-10-9-7-3-4-8(9)6-5-7/h7-9H,2-6H2,1H3. The van der Waals surface area contributed by atoms with E-state index in [0.717, 1.165) is 18.4 Å². The molecule has 0 spiro atoms. The monoisotopic (exact) mass is 140 g/mol. The van der Waals surface area contributed by atoms with Crippen LogP contribution in [0.25, 0.3) is 0 Å². The molecule has 2 aliphatic rings. The van der Waals surface area contributed by atoms with E-state index in [1.807, 2.05) is 0 Å². The fraction of sp³-hybridized carbons (Fsp3) is 1.00. The zero-order valence-electron chi connectivity index (χ0n) is 6.68. The van der Waals surface area contributed by atoms with Crippen LogP contribution in [0.2, 0.25) is 0 Å². The molecule has 2 rings (SSSR count). The lowest BCUT2D eigenvalue weighted by molar-refractivity contribution is 0.0315. The second-order valence-electron chi connectivity index (χ2n) is 3.59. The molecule has 0 N–H and O–H groups in total. The molecule has 1 nitrogen and oxygen atoms in total. The summed E-state index contributed by atoms with van der Waals surface area (Å²) in [6.45, 7) is 3.02. The maximum absolute atomic E-state index is 5.69. The number of rotatable bonds is 2. The smallest absolute Gasteiger partial charge is 0.0631 e. The van der Waals surface area contributed by atoms with E-state index < -0.39 is 0 Å².